The molecule has 0 aliphatic heterocycles. The molecule has 0 atom stereocenters. The van der Waals surface area contributed by atoms with Crippen LogP contribution in [0, 0.1) is 6.92 Å². The third-order valence-electron chi connectivity index (χ3n) is 4.51. The SMILES string of the molecule is Cc1nnc(CNC(=NCc2ccccc2)N(C)Cc2cccc(Cl)c2)n1C. The van der Waals surface area contributed by atoms with E-state index in [1.165, 1.54) is 0 Å². The highest BCUT2D eigenvalue weighted by Crippen LogP contribution is 2.12. The highest BCUT2D eigenvalue weighted by atomic mass is 35.5. The molecule has 0 aliphatic carbocycles. The van der Waals surface area contributed by atoms with Crippen LogP contribution >= 0.6 is 11.6 Å². The Morgan fingerprint density at radius 1 is 1.11 bits per heavy atom. The van der Waals surface area contributed by atoms with Crippen molar-refractivity contribution in [2.75, 3.05) is 7.05 Å². The van der Waals surface area contributed by atoms with Gasteiger partial charge in [0.25, 0.3) is 0 Å². The largest absolute Gasteiger partial charge is 0.349 e. The lowest BCUT2D eigenvalue weighted by Crippen LogP contribution is -2.38. The van der Waals surface area contributed by atoms with Gasteiger partial charge in [-0.1, -0.05) is 54.1 Å². The van der Waals surface area contributed by atoms with Gasteiger partial charge >= 0.3 is 0 Å². The smallest absolute Gasteiger partial charge is 0.194 e. The number of aliphatic imine (C=N–C) groups is 1. The fourth-order valence-corrected chi connectivity index (χ4v) is 3.02. The summed E-state index contributed by atoms with van der Waals surface area (Å²) in [4.78, 5) is 6.89. The van der Waals surface area contributed by atoms with Crippen molar-refractivity contribution in [2.45, 2.75) is 26.6 Å². The summed E-state index contributed by atoms with van der Waals surface area (Å²) >= 11 is 6.13. The fourth-order valence-electron chi connectivity index (χ4n) is 2.81. The number of rotatable bonds is 6. The van der Waals surface area contributed by atoms with E-state index in [9.17, 15) is 0 Å². The maximum Gasteiger partial charge on any atom is 0.194 e. The van der Waals surface area contributed by atoms with Crippen molar-refractivity contribution in [3.8, 4) is 0 Å². The molecular weight excluding hydrogens is 372 g/mol. The molecule has 28 heavy (non-hydrogen) atoms. The number of aryl methyl sites for hydroxylation is 1. The van der Waals surface area contributed by atoms with Gasteiger partial charge in [-0.3, -0.25) is 0 Å². The molecule has 3 rings (SSSR count). The zero-order valence-electron chi connectivity index (χ0n) is 16.4. The van der Waals surface area contributed by atoms with Crippen LogP contribution in [0.3, 0.4) is 0 Å². The number of hydrogen-bond donors (Lipinski definition) is 1. The average Bonchev–Trinajstić information content (AvgIpc) is 3.01. The first kappa shape index (κ1) is 19.9. The van der Waals surface area contributed by atoms with E-state index < -0.39 is 0 Å². The summed E-state index contributed by atoms with van der Waals surface area (Å²) in [5, 5.41) is 12.5. The van der Waals surface area contributed by atoms with Crippen molar-refractivity contribution in [2.24, 2.45) is 12.0 Å². The maximum atomic E-state index is 6.13. The quantitative estimate of drug-likeness (QED) is 0.511. The van der Waals surface area contributed by atoms with Gasteiger partial charge in [0, 0.05) is 25.7 Å². The molecule has 7 heteroatoms. The molecule has 146 valence electrons. The third-order valence-corrected chi connectivity index (χ3v) is 4.75. The number of nitrogens with zero attached hydrogens (tertiary/aromatic N) is 5. The highest BCUT2D eigenvalue weighted by Gasteiger charge is 2.11. The van der Waals surface area contributed by atoms with Crippen molar-refractivity contribution in [1.82, 2.24) is 25.0 Å². The molecule has 1 aromatic heterocycles. The molecule has 0 saturated heterocycles. The summed E-state index contributed by atoms with van der Waals surface area (Å²) in [5.41, 5.74) is 2.28. The van der Waals surface area contributed by atoms with Crippen LogP contribution in [0.4, 0.5) is 0 Å². The zero-order valence-corrected chi connectivity index (χ0v) is 17.2. The monoisotopic (exact) mass is 396 g/mol. The van der Waals surface area contributed by atoms with E-state index in [0.717, 1.165) is 33.8 Å². The normalized spacial score (nSPS) is 11.5. The Bertz CT molecular complexity index is 935. The molecule has 6 nitrogen and oxygen atoms in total. The van der Waals surface area contributed by atoms with Gasteiger partial charge in [0.15, 0.2) is 11.8 Å². The second-order valence-corrected chi connectivity index (χ2v) is 7.12. The molecule has 1 N–H and O–H groups in total. The van der Waals surface area contributed by atoms with Crippen molar-refractivity contribution >= 4 is 17.6 Å². The lowest BCUT2D eigenvalue weighted by molar-refractivity contribution is 0.472. The van der Waals surface area contributed by atoms with Crippen LogP contribution in [0.1, 0.15) is 22.8 Å². The summed E-state index contributed by atoms with van der Waals surface area (Å²) in [6, 6.07) is 18.1. The van der Waals surface area contributed by atoms with Crippen LogP contribution in [-0.2, 0) is 26.7 Å². The van der Waals surface area contributed by atoms with Crippen LogP contribution in [0.15, 0.2) is 59.6 Å². The summed E-state index contributed by atoms with van der Waals surface area (Å²) in [7, 11) is 3.97. The molecule has 0 spiro atoms. The predicted molar refractivity (Wildman–Crippen MR) is 113 cm³/mol. The molecule has 0 amide bonds. The number of nitrogens with one attached hydrogen (secondary N) is 1. The van der Waals surface area contributed by atoms with Gasteiger partial charge < -0.3 is 14.8 Å². The van der Waals surface area contributed by atoms with Gasteiger partial charge in [-0.25, -0.2) is 4.99 Å². The lowest BCUT2D eigenvalue weighted by Gasteiger charge is -2.22. The van der Waals surface area contributed by atoms with Gasteiger partial charge in [-0.05, 0) is 30.2 Å². The first-order valence-electron chi connectivity index (χ1n) is 9.15. The molecule has 0 aliphatic rings. The van der Waals surface area contributed by atoms with Gasteiger partial charge in [-0.15, -0.1) is 10.2 Å². The van der Waals surface area contributed by atoms with Crippen molar-refractivity contribution in [1.29, 1.82) is 0 Å². The second-order valence-electron chi connectivity index (χ2n) is 6.69. The van der Waals surface area contributed by atoms with Gasteiger partial charge in [0.2, 0.25) is 0 Å². The zero-order chi connectivity index (χ0) is 19.9. The summed E-state index contributed by atoms with van der Waals surface area (Å²) in [6.07, 6.45) is 0. The predicted octanol–water partition coefficient (Wildman–Crippen LogP) is 3.55. The van der Waals surface area contributed by atoms with E-state index in [2.05, 4.69) is 38.6 Å². The van der Waals surface area contributed by atoms with E-state index in [1.807, 2.05) is 62.0 Å². The van der Waals surface area contributed by atoms with Gasteiger partial charge in [-0.2, -0.15) is 0 Å². The third kappa shape index (κ3) is 5.33. The Labute approximate surface area is 170 Å². The average molecular weight is 397 g/mol. The van der Waals surface area contributed by atoms with Crippen molar-refractivity contribution in [3.05, 3.63) is 82.4 Å². The Balaban J connectivity index is 1.75. The fraction of sp³-hybridized carbons (Fsp3) is 0.286. The topological polar surface area (TPSA) is 58.3 Å². The summed E-state index contributed by atoms with van der Waals surface area (Å²) in [6.45, 7) is 3.77. The Morgan fingerprint density at radius 3 is 2.54 bits per heavy atom. The summed E-state index contributed by atoms with van der Waals surface area (Å²) in [5.74, 6) is 2.54. The Hall–Kier alpha value is -2.86. The molecule has 0 saturated carbocycles. The lowest BCUT2D eigenvalue weighted by atomic mass is 10.2. The van der Waals surface area contributed by atoms with Crippen LogP contribution in [0.5, 0.6) is 0 Å². The van der Waals surface area contributed by atoms with Gasteiger partial charge in [0.05, 0.1) is 13.1 Å². The standard InChI is InChI=1S/C21H25ClN6/c1-16-25-26-20(28(16)3)14-24-21(23-13-17-8-5-4-6-9-17)27(2)15-18-10-7-11-19(22)12-18/h4-12H,13-15H2,1-3H3,(H,23,24). The minimum absolute atomic E-state index is 0.546. The Kier molecular flexibility index (Phi) is 6.66. The molecule has 0 bridgehead atoms. The van der Waals surface area contributed by atoms with Crippen LogP contribution in [0.25, 0.3) is 0 Å². The maximum absolute atomic E-state index is 6.13. The first-order valence-corrected chi connectivity index (χ1v) is 9.53. The number of guanidine groups is 1. The van der Waals surface area contributed by atoms with Crippen LogP contribution in [0.2, 0.25) is 5.02 Å². The van der Waals surface area contributed by atoms with E-state index in [4.69, 9.17) is 16.6 Å². The molecular formula is C21H25ClN6. The number of benzene rings is 2. The number of halogens is 1. The molecule has 3 aromatic rings. The van der Waals surface area contributed by atoms with Crippen LogP contribution < -0.4 is 5.32 Å². The molecule has 1 heterocycles. The Morgan fingerprint density at radius 2 is 1.86 bits per heavy atom. The van der Waals surface area contributed by atoms with E-state index >= 15 is 0 Å². The number of hydrogen-bond acceptors (Lipinski definition) is 3. The van der Waals surface area contributed by atoms with E-state index in [-0.39, 0.29) is 0 Å². The summed E-state index contributed by atoms with van der Waals surface area (Å²) < 4.78 is 1.97. The minimum atomic E-state index is 0.546. The van der Waals surface area contributed by atoms with Gasteiger partial charge in [0.1, 0.15) is 5.82 Å². The molecule has 0 fully saturated rings. The molecule has 0 radical (unpaired) electrons. The van der Waals surface area contributed by atoms with Crippen LogP contribution in [-0.4, -0.2) is 32.7 Å². The van der Waals surface area contributed by atoms with E-state index in [1.54, 1.807) is 0 Å². The van der Waals surface area contributed by atoms with Crippen molar-refractivity contribution < 1.29 is 0 Å². The second kappa shape index (κ2) is 9.37. The van der Waals surface area contributed by atoms with Crippen molar-refractivity contribution in [3.63, 3.8) is 0 Å². The first-order chi connectivity index (χ1) is 13.5. The molecule has 2 aromatic carbocycles. The molecule has 0 unspecified atom stereocenters. The minimum Gasteiger partial charge on any atom is -0.349 e. The highest BCUT2D eigenvalue weighted by molar-refractivity contribution is 6.30. The number of aromatic nitrogens is 3. The van der Waals surface area contributed by atoms with E-state index in [0.29, 0.717) is 19.6 Å².